The molecule has 3 nitrogen and oxygen atoms in total. The minimum Gasteiger partial charge on any atom is -0.289 e. The smallest absolute Gasteiger partial charge is 0.191 e. The van der Waals surface area contributed by atoms with Gasteiger partial charge in [0.2, 0.25) is 0 Å². The summed E-state index contributed by atoms with van der Waals surface area (Å²) >= 11 is 6.36. The Hall–Kier alpha value is -0.980. The molecule has 90 valence electrons. The lowest BCUT2D eigenvalue weighted by atomic mass is 10.0. The van der Waals surface area contributed by atoms with Gasteiger partial charge in [0.25, 0.3) is 0 Å². The number of aromatic nitrogens is 2. The molecule has 1 aromatic carbocycles. The van der Waals surface area contributed by atoms with E-state index < -0.39 is 0 Å². The molecular weight excluding hydrogens is 332 g/mol. The second-order valence-electron chi connectivity index (χ2n) is 3.76. The van der Waals surface area contributed by atoms with Gasteiger partial charge >= 0.3 is 0 Å². The highest BCUT2D eigenvalue weighted by molar-refractivity contribution is 9.10. The average Bonchev–Trinajstić information content (AvgIpc) is 2.86. The summed E-state index contributed by atoms with van der Waals surface area (Å²) in [6.07, 6.45) is 1.82. The number of carbonyl (C=O) groups excluding carboxylic acids is 1. The van der Waals surface area contributed by atoms with Crippen LogP contribution in [0.1, 0.15) is 16.1 Å². The molecule has 2 aromatic rings. The molecule has 2 heterocycles. The number of benzene rings is 1. The third kappa shape index (κ3) is 2.28. The average molecular weight is 339 g/mol. The summed E-state index contributed by atoms with van der Waals surface area (Å²) in [5.41, 5.74) is 2.29. The van der Waals surface area contributed by atoms with Gasteiger partial charge in [-0.2, -0.15) is 0 Å². The molecule has 0 fully saturated rings. The van der Waals surface area contributed by atoms with Gasteiger partial charge in [-0.25, -0.2) is 0 Å². The molecule has 0 bridgehead atoms. The maximum atomic E-state index is 12.3. The summed E-state index contributed by atoms with van der Waals surface area (Å²) in [7, 11) is 0. The number of Topliss-reactive ketones (excluding diaryl/α,β-unsaturated/α-hetero) is 1. The Morgan fingerprint density at radius 3 is 3.06 bits per heavy atom. The summed E-state index contributed by atoms with van der Waals surface area (Å²) in [5, 5.41) is 5.77. The van der Waals surface area contributed by atoms with Crippen LogP contribution in [0.3, 0.4) is 0 Å². The van der Waals surface area contributed by atoms with Crippen molar-refractivity contribution in [3.8, 4) is 0 Å². The molecule has 0 aliphatic carbocycles. The third-order valence-electron chi connectivity index (χ3n) is 2.56. The fraction of sp³-hybridized carbons (Fsp3) is 0.0833. The lowest BCUT2D eigenvalue weighted by Gasteiger charge is -2.16. The second-order valence-corrected chi connectivity index (χ2v) is 6.30. The summed E-state index contributed by atoms with van der Waals surface area (Å²) < 4.78 is 4.72. The number of carbonyl (C=O) groups is 1. The van der Waals surface area contributed by atoms with Gasteiger partial charge in [-0.15, -0.1) is 16.9 Å². The highest BCUT2D eigenvalue weighted by atomic mass is 79.9. The number of nitrogens with zero attached hydrogens (tertiary/aromatic N) is 2. The predicted octanol–water partition coefficient (Wildman–Crippen LogP) is 3.67. The van der Waals surface area contributed by atoms with Crippen LogP contribution < -0.4 is 0 Å². The normalized spacial score (nSPS) is 16.9. The molecule has 3 rings (SSSR count). The van der Waals surface area contributed by atoms with E-state index >= 15 is 0 Å². The van der Waals surface area contributed by atoms with Crippen LogP contribution in [0.2, 0.25) is 0 Å². The van der Waals surface area contributed by atoms with E-state index in [0.717, 1.165) is 26.2 Å². The van der Waals surface area contributed by atoms with Gasteiger partial charge in [-0.1, -0.05) is 20.4 Å². The zero-order chi connectivity index (χ0) is 12.5. The van der Waals surface area contributed by atoms with Crippen molar-refractivity contribution in [2.24, 2.45) is 0 Å². The van der Waals surface area contributed by atoms with Crippen LogP contribution >= 0.6 is 39.2 Å². The first-order valence-corrected chi connectivity index (χ1v) is 7.80. The van der Waals surface area contributed by atoms with E-state index in [1.54, 1.807) is 11.8 Å². The van der Waals surface area contributed by atoms with Gasteiger partial charge < -0.3 is 0 Å². The number of hydrogen-bond donors (Lipinski definition) is 0. The molecular formula is C12H7BrN2OS2. The minimum atomic E-state index is 0.0815. The van der Waals surface area contributed by atoms with Crippen molar-refractivity contribution in [1.82, 2.24) is 9.59 Å². The molecule has 6 heteroatoms. The second kappa shape index (κ2) is 4.95. The number of ketones is 1. The number of rotatable bonds is 1. The van der Waals surface area contributed by atoms with Crippen LogP contribution in [-0.4, -0.2) is 21.1 Å². The van der Waals surface area contributed by atoms with E-state index in [-0.39, 0.29) is 5.78 Å². The fourth-order valence-corrected chi connectivity index (χ4v) is 3.49. The highest BCUT2D eigenvalue weighted by Gasteiger charge is 2.22. The molecule has 1 aromatic heterocycles. The molecule has 0 unspecified atom stereocenters. The van der Waals surface area contributed by atoms with E-state index in [2.05, 4.69) is 25.5 Å². The van der Waals surface area contributed by atoms with Gasteiger partial charge in [0.15, 0.2) is 5.78 Å². The fourth-order valence-electron chi connectivity index (χ4n) is 1.72. The zero-order valence-corrected chi connectivity index (χ0v) is 12.3. The summed E-state index contributed by atoms with van der Waals surface area (Å²) in [6, 6.07) is 5.80. The lowest BCUT2D eigenvalue weighted by molar-refractivity contribution is 0.103. The summed E-state index contributed by atoms with van der Waals surface area (Å²) in [5.74, 6) is 0.767. The van der Waals surface area contributed by atoms with Gasteiger partial charge in [0.1, 0.15) is 0 Å². The molecule has 1 aliphatic rings. The van der Waals surface area contributed by atoms with Crippen LogP contribution in [0.5, 0.6) is 0 Å². The van der Waals surface area contributed by atoms with Crippen molar-refractivity contribution in [3.63, 3.8) is 0 Å². The lowest BCUT2D eigenvalue weighted by Crippen LogP contribution is -2.12. The van der Waals surface area contributed by atoms with E-state index in [9.17, 15) is 4.79 Å². The van der Waals surface area contributed by atoms with E-state index in [1.165, 1.54) is 11.5 Å². The van der Waals surface area contributed by atoms with Crippen LogP contribution in [0.15, 0.2) is 38.5 Å². The van der Waals surface area contributed by atoms with Crippen molar-refractivity contribution in [2.45, 2.75) is 4.90 Å². The minimum absolute atomic E-state index is 0.0815. The van der Waals surface area contributed by atoms with Crippen LogP contribution in [0.25, 0.3) is 6.08 Å². The molecule has 0 N–H and O–H groups in total. The maximum Gasteiger partial charge on any atom is 0.191 e. The Bertz CT molecular complexity index is 638. The standard InChI is InChI=1S/C12H7BrN2OS2/c13-8-1-2-11-10(4-8)12(16)7(5-17-11)3-9-6-18-15-14-9/h1-4,6H,5H2/b7-3-. The molecule has 0 amide bonds. The first kappa shape index (κ1) is 12.1. The van der Waals surface area contributed by atoms with Crippen molar-refractivity contribution in [2.75, 3.05) is 5.75 Å². The zero-order valence-electron chi connectivity index (χ0n) is 9.09. The van der Waals surface area contributed by atoms with Crippen LogP contribution in [-0.2, 0) is 0 Å². The van der Waals surface area contributed by atoms with Gasteiger partial charge in [-0.3, -0.25) is 4.79 Å². The predicted molar refractivity (Wildman–Crippen MR) is 77.1 cm³/mol. The van der Waals surface area contributed by atoms with Gasteiger partial charge in [-0.05, 0) is 35.8 Å². The molecule has 0 spiro atoms. The SMILES string of the molecule is O=C1/C(=C\c2csnn2)CSc2ccc(Br)cc21. The van der Waals surface area contributed by atoms with Crippen molar-refractivity contribution >= 4 is 51.1 Å². The number of halogens is 1. The monoisotopic (exact) mass is 338 g/mol. The molecule has 0 radical (unpaired) electrons. The van der Waals surface area contributed by atoms with E-state index in [1.807, 2.05) is 29.7 Å². The topological polar surface area (TPSA) is 42.9 Å². The number of hydrogen-bond acceptors (Lipinski definition) is 5. The largest absolute Gasteiger partial charge is 0.289 e. The molecule has 1 aliphatic heterocycles. The summed E-state index contributed by atoms with van der Waals surface area (Å²) in [4.78, 5) is 13.4. The number of thioether (sulfide) groups is 1. The first-order chi connectivity index (χ1) is 8.74. The van der Waals surface area contributed by atoms with E-state index in [0.29, 0.717) is 5.75 Å². The van der Waals surface area contributed by atoms with E-state index in [4.69, 9.17) is 0 Å². The van der Waals surface area contributed by atoms with Gasteiger partial charge in [0, 0.05) is 31.6 Å². The Morgan fingerprint density at radius 2 is 2.28 bits per heavy atom. The Kier molecular flexibility index (Phi) is 3.32. The highest BCUT2D eigenvalue weighted by Crippen LogP contribution is 2.34. The summed E-state index contributed by atoms with van der Waals surface area (Å²) in [6.45, 7) is 0. The number of fused-ring (bicyclic) bond motifs is 1. The van der Waals surface area contributed by atoms with Gasteiger partial charge in [0.05, 0.1) is 5.69 Å². The Balaban J connectivity index is 2.01. The van der Waals surface area contributed by atoms with Crippen molar-refractivity contribution in [3.05, 3.63) is 44.9 Å². The molecule has 0 atom stereocenters. The quantitative estimate of drug-likeness (QED) is 0.744. The molecule has 0 saturated heterocycles. The van der Waals surface area contributed by atoms with Crippen molar-refractivity contribution in [1.29, 1.82) is 0 Å². The maximum absolute atomic E-state index is 12.3. The molecule has 0 saturated carbocycles. The Morgan fingerprint density at radius 1 is 1.39 bits per heavy atom. The van der Waals surface area contributed by atoms with Crippen LogP contribution in [0.4, 0.5) is 0 Å². The third-order valence-corrected chi connectivity index (χ3v) is 4.70. The van der Waals surface area contributed by atoms with Crippen molar-refractivity contribution < 1.29 is 4.79 Å². The first-order valence-electron chi connectivity index (χ1n) is 5.19. The Labute approximate surface area is 121 Å². The van der Waals surface area contributed by atoms with Crippen LogP contribution in [0, 0.1) is 0 Å². The molecule has 18 heavy (non-hydrogen) atoms.